The minimum Gasteiger partial charge on any atom is -0.364 e. The molecule has 20 heavy (non-hydrogen) atoms. The van der Waals surface area contributed by atoms with E-state index in [1.807, 2.05) is 23.6 Å². The molecule has 2 heterocycles. The molecule has 1 N–H and O–H groups in total. The molecule has 1 aliphatic rings. The molecule has 1 aromatic rings. The summed E-state index contributed by atoms with van der Waals surface area (Å²) in [6.45, 7) is 8.24. The van der Waals surface area contributed by atoms with Gasteiger partial charge in [-0.1, -0.05) is 0 Å². The van der Waals surface area contributed by atoms with Gasteiger partial charge in [0.15, 0.2) is 0 Å². The van der Waals surface area contributed by atoms with Crippen molar-refractivity contribution in [3.05, 3.63) is 16.4 Å². The van der Waals surface area contributed by atoms with Crippen molar-refractivity contribution in [2.75, 3.05) is 35.6 Å². The molecule has 110 valence electrons. The molecular weight excluding hydrogens is 278 g/mol. The topological polar surface area (TPSA) is 84.2 Å². The smallest absolute Gasteiger partial charge is 0.353 e. The predicted molar refractivity (Wildman–Crippen MR) is 81.6 cm³/mol. The number of thioether (sulfide) groups is 1. The number of anilines is 2. The SMILES string of the molecule is CCNc1ncnc(N2CCSC(C)(C)C2)c1[N+](=O)[O-]. The van der Waals surface area contributed by atoms with Crippen molar-refractivity contribution < 1.29 is 4.92 Å². The van der Waals surface area contributed by atoms with Gasteiger partial charge in [0.2, 0.25) is 11.6 Å². The first-order valence-corrected chi connectivity index (χ1v) is 7.55. The van der Waals surface area contributed by atoms with Gasteiger partial charge in [-0.2, -0.15) is 11.8 Å². The van der Waals surface area contributed by atoms with E-state index in [-0.39, 0.29) is 10.4 Å². The summed E-state index contributed by atoms with van der Waals surface area (Å²) in [5, 5.41) is 14.3. The van der Waals surface area contributed by atoms with E-state index in [0.29, 0.717) is 18.2 Å². The summed E-state index contributed by atoms with van der Waals surface area (Å²) in [7, 11) is 0. The number of nitrogens with zero attached hydrogens (tertiary/aromatic N) is 4. The zero-order valence-corrected chi connectivity index (χ0v) is 12.7. The molecule has 1 aromatic heterocycles. The lowest BCUT2D eigenvalue weighted by atomic mass is 10.2. The van der Waals surface area contributed by atoms with Crippen LogP contribution in [0.15, 0.2) is 6.33 Å². The van der Waals surface area contributed by atoms with Crippen molar-refractivity contribution in [2.24, 2.45) is 0 Å². The highest BCUT2D eigenvalue weighted by Gasteiger charge is 2.33. The van der Waals surface area contributed by atoms with Crippen LogP contribution in [0.2, 0.25) is 0 Å². The number of nitro groups is 1. The average molecular weight is 297 g/mol. The first kappa shape index (κ1) is 14.8. The molecule has 1 aliphatic heterocycles. The van der Waals surface area contributed by atoms with Gasteiger partial charge in [-0.25, -0.2) is 9.97 Å². The Bertz CT molecular complexity index is 509. The number of hydrogen-bond acceptors (Lipinski definition) is 7. The van der Waals surface area contributed by atoms with Gasteiger partial charge in [0.1, 0.15) is 6.33 Å². The van der Waals surface area contributed by atoms with Crippen LogP contribution in [0.5, 0.6) is 0 Å². The first-order chi connectivity index (χ1) is 9.44. The Labute approximate surface area is 122 Å². The Morgan fingerprint density at radius 3 is 2.90 bits per heavy atom. The Morgan fingerprint density at radius 2 is 2.30 bits per heavy atom. The second-order valence-corrected chi connectivity index (χ2v) is 7.01. The van der Waals surface area contributed by atoms with Crippen molar-refractivity contribution in [1.29, 1.82) is 0 Å². The molecule has 0 amide bonds. The Balaban J connectivity index is 2.40. The van der Waals surface area contributed by atoms with E-state index < -0.39 is 4.92 Å². The molecule has 0 unspecified atom stereocenters. The van der Waals surface area contributed by atoms with Crippen LogP contribution in [0.1, 0.15) is 20.8 Å². The maximum absolute atomic E-state index is 11.4. The summed E-state index contributed by atoms with van der Waals surface area (Å²) in [4.78, 5) is 21.1. The lowest BCUT2D eigenvalue weighted by Crippen LogP contribution is -2.43. The Hall–Kier alpha value is -1.57. The molecule has 0 aliphatic carbocycles. The minimum atomic E-state index is -0.401. The summed E-state index contributed by atoms with van der Waals surface area (Å²) in [5.41, 5.74) is -0.0305. The number of nitrogens with one attached hydrogen (secondary N) is 1. The van der Waals surface area contributed by atoms with Crippen LogP contribution in [-0.4, -0.2) is 45.0 Å². The minimum absolute atomic E-state index is 0.0305. The van der Waals surface area contributed by atoms with E-state index in [1.54, 1.807) is 0 Å². The van der Waals surface area contributed by atoms with Gasteiger partial charge in [-0.3, -0.25) is 10.1 Å². The third-order valence-electron chi connectivity index (χ3n) is 3.05. The van der Waals surface area contributed by atoms with E-state index in [2.05, 4.69) is 29.1 Å². The van der Waals surface area contributed by atoms with E-state index in [0.717, 1.165) is 18.8 Å². The van der Waals surface area contributed by atoms with E-state index in [9.17, 15) is 10.1 Å². The number of aromatic nitrogens is 2. The van der Waals surface area contributed by atoms with Gasteiger partial charge in [0, 0.05) is 30.1 Å². The Morgan fingerprint density at radius 1 is 1.55 bits per heavy atom. The lowest BCUT2D eigenvalue weighted by molar-refractivity contribution is -0.383. The third-order valence-corrected chi connectivity index (χ3v) is 4.35. The van der Waals surface area contributed by atoms with Crippen molar-refractivity contribution >= 4 is 29.1 Å². The fraction of sp³-hybridized carbons (Fsp3) is 0.667. The maximum Gasteiger partial charge on any atom is 0.353 e. The fourth-order valence-electron chi connectivity index (χ4n) is 2.26. The second kappa shape index (κ2) is 5.82. The van der Waals surface area contributed by atoms with E-state index >= 15 is 0 Å². The molecule has 1 saturated heterocycles. The van der Waals surface area contributed by atoms with E-state index in [4.69, 9.17) is 0 Å². The molecule has 0 atom stereocenters. The van der Waals surface area contributed by atoms with Crippen molar-refractivity contribution in [3.8, 4) is 0 Å². The standard InChI is InChI=1S/C12H19N5O2S/c1-4-13-10-9(17(18)19)11(15-8-14-10)16-5-6-20-12(2,3)7-16/h8H,4-7H2,1-3H3,(H,13,14,15). The van der Waals surface area contributed by atoms with Crippen molar-refractivity contribution in [1.82, 2.24) is 9.97 Å². The lowest BCUT2D eigenvalue weighted by Gasteiger charge is -2.37. The molecule has 0 saturated carbocycles. The molecule has 0 aromatic carbocycles. The van der Waals surface area contributed by atoms with Gasteiger partial charge in [-0.15, -0.1) is 0 Å². The van der Waals surface area contributed by atoms with Crippen LogP contribution in [0.25, 0.3) is 0 Å². The summed E-state index contributed by atoms with van der Waals surface area (Å²) < 4.78 is 0.0649. The zero-order chi connectivity index (χ0) is 14.8. The van der Waals surface area contributed by atoms with Crippen LogP contribution >= 0.6 is 11.8 Å². The summed E-state index contributed by atoms with van der Waals surface area (Å²) >= 11 is 1.88. The number of rotatable bonds is 4. The molecule has 7 nitrogen and oxygen atoms in total. The quantitative estimate of drug-likeness (QED) is 0.673. The van der Waals surface area contributed by atoms with Crippen LogP contribution < -0.4 is 10.2 Å². The first-order valence-electron chi connectivity index (χ1n) is 6.57. The van der Waals surface area contributed by atoms with Crippen molar-refractivity contribution in [2.45, 2.75) is 25.5 Å². The molecule has 0 bridgehead atoms. The summed E-state index contributed by atoms with van der Waals surface area (Å²) in [6, 6.07) is 0. The van der Waals surface area contributed by atoms with E-state index in [1.165, 1.54) is 6.33 Å². The molecule has 1 fully saturated rings. The number of hydrogen-bond donors (Lipinski definition) is 1. The highest BCUT2D eigenvalue weighted by molar-refractivity contribution is 8.00. The van der Waals surface area contributed by atoms with Crippen LogP contribution in [0.4, 0.5) is 17.3 Å². The van der Waals surface area contributed by atoms with Gasteiger partial charge < -0.3 is 10.2 Å². The van der Waals surface area contributed by atoms with Gasteiger partial charge >= 0.3 is 5.69 Å². The third kappa shape index (κ3) is 3.12. The largest absolute Gasteiger partial charge is 0.364 e. The second-order valence-electron chi connectivity index (χ2n) is 5.21. The Kier molecular flexibility index (Phi) is 4.32. The van der Waals surface area contributed by atoms with Gasteiger partial charge in [-0.05, 0) is 20.8 Å². The fourth-order valence-corrected chi connectivity index (χ4v) is 3.37. The predicted octanol–water partition coefficient (Wildman–Crippen LogP) is 2.15. The highest BCUT2D eigenvalue weighted by Crippen LogP contribution is 2.37. The van der Waals surface area contributed by atoms with Gasteiger partial charge in [0.25, 0.3) is 0 Å². The molecule has 0 spiro atoms. The highest BCUT2D eigenvalue weighted by atomic mass is 32.2. The molecular formula is C12H19N5O2S. The monoisotopic (exact) mass is 297 g/mol. The van der Waals surface area contributed by atoms with Crippen LogP contribution in [0.3, 0.4) is 0 Å². The van der Waals surface area contributed by atoms with Crippen LogP contribution in [-0.2, 0) is 0 Å². The average Bonchev–Trinajstić information content (AvgIpc) is 2.37. The van der Waals surface area contributed by atoms with Crippen molar-refractivity contribution in [3.63, 3.8) is 0 Å². The normalized spacial score (nSPS) is 17.9. The molecule has 0 radical (unpaired) electrons. The summed E-state index contributed by atoms with van der Waals surface area (Å²) in [6.07, 6.45) is 1.38. The van der Waals surface area contributed by atoms with Crippen LogP contribution in [0, 0.1) is 10.1 Å². The maximum atomic E-state index is 11.4. The van der Waals surface area contributed by atoms with Gasteiger partial charge in [0.05, 0.1) is 4.92 Å². The molecule has 8 heteroatoms. The summed E-state index contributed by atoms with van der Waals surface area (Å²) in [5.74, 6) is 1.64. The molecule has 2 rings (SSSR count). The zero-order valence-electron chi connectivity index (χ0n) is 11.9.